The van der Waals surface area contributed by atoms with E-state index in [1.807, 2.05) is 16.3 Å². The van der Waals surface area contributed by atoms with Crippen molar-refractivity contribution in [1.29, 1.82) is 0 Å². The van der Waals surface area contributed by atoms with E-state index in [1.54, 1.807) is 11.3 Å². The third-order valence-electron chi connectivity index (χ3n) is 5.40. The zero-order valence-corrected chi connectivity index (χ0v) is 15.1. The minimum absolute atomic E-state index is 0.101. The molecule has 2 aliphatic rings. The summed E-state index contributed by atoms with van der Waals surface area (Å²) >= 11 is 1.65. The minimum Gasteiger partial charge on any atom is -0.373 e. The number of likely N-dealkylation sites (tertiary alicyclic amines) is 1. The van der Waals surface area contributed by atoms with Crippen molar-refractivity contribution in [2.75, 3.05) is 32.8 Å². The highest BCUT2D eigenvalue weighted by molar-refractivity contribution is 7.07. The summed E-state index contributed by atoms with van der Waals surface area (Å²) in [6.07, 6.45) is 3.70. The van der Waals surface area contributed by atoms with E-state index in [1.165, 1.54) is 0 Å². The molecule has 3 rings (SSSR count). The van der Waals surface area contributed by atoms with Crippen molar-refractivity contribution >= 4 is 17.2 Å². The Hall–Kier alpha value is -0.910. The van der Waals surface area contributed by atoms with Gasteiger partial charge in [0.05, 0.1) is 12.0 Å². The van der Waals surface area contributed by atoms with Crippen molar-refractivity contribution in [3.63, 3.8) is 0 Å². The number of nitrogens with zero attached hydrogens (tertiary/aromatic N) is 2. The summed E-state index contributed by atoms with van der Waals surface area (Å²) in [5, 5.41) is 4.10. The molecule has 2 atom stereocenters. The third-order valence-corrected chi connectivity index (χ3v) is 6.13. The van der Waals surface area contributed by atoms with Crippen LogP contribution < -0.4 is 0 Å². The Morgan fingerprint density at radius 1 is 1.48 bits per heavy atom. The summed E-state index contributed by atoms with van der Waals surface area (Å²) in [6.45, 7) is 9.10. The van der Waals surface area contributed by atoms with E-state index in [9.17, 15) is 4.79 Å². The van der Waals surface area contributed by atoms with Crippen molar-refractivity contribution in [3.8, 4) is 0 Å². The number of hydrogen-bond donors (Lipinski definition) is 0. The van der Waals surface area contributed by atoms with E-state index in [4.69, 9.17) is 4.74 Å². The van der Waals surface area contributed by atoms with Gasteiger partial charge >= 0.3 is 0 Å². The molecule has 1 aromatic rings. The van der Waals surface area contributed by atoms with Gasteiger partial charge in [0.15, 0.2) is 0 Å². The second-order valence-electron chi connectivity index (χ2n) is 6.77. The fourth-order valence-electron chi connectivity index (χ4n) is 4.08. The van der Waals surface area contributed by atoms with Crippen LogP contribution in [0.15, 0.2) is 16.8 Å². The smallest absolute Gasteiger partial charge is 0.227 e. The lowest BCUT2D eigenvalue weighted by Crippen LogP contribution is -2.50. The lowest BCUT2D eigenvalue weighted by molar-refractivity contribution is -0.133. The first-order valence-electron chi connectivity index (χ1n) is 8.82. The van der Waals surface area contributed by atoms with Gasteiger partial charge in [-0.25, -0.2) is 0 Å². The van der Waals surface area contributed by atoms with E-state index in [0.717, 1.165) is 57.6 Å². The third kappa shape index (κ3) is 3.78. The number of carbonyl (C=O) groups is 1. The number of hydrogen-bond acceptors (Lipinski definition) is 4. The Labute approximate surface area is 143 Å². The minimum atomic E-state index is -0.101. The molecule has 0 aliphatic carbocycles. The second-order valence-corrected chi connectivity index (χ2v) is 7.55. The molecule has 2 saturated heterocycles. The molecule has 1 aromatic heterocycles. The molecule has 0 unspecified atom stereocenters. The normalized spacial score (nSPS) is 28.0. The molecule has 0 N–H and O–H groups in total. The van der Waals surface area contributed by atoms with Crippen LogP contribution in [-0.2, 0) is 16.0 Å². The lowest BCUT2D eigenvalue weighted by atomic mass is 9.88. The van der Waals surface area contributed by atoms with Gasteiger partial charge in [-0.05, 0) is 54.7 Å². The highest BCUT2D eigenvalue weighted by atomic mass is 32.1. The monoisotopic (exact) mass is 336 g/mol. The van der Waals surface area contributed by atoms with Crippen LogP contribution >= 0.6 is 11.3 Å². The van der Waals surface area contributed by atoms with Gasteiger partial charge in [0.25, 0.3) is 0 Å². The SMILES string of the molecule is CCN(CC)[C@H]1CCO[C@@]2(CCN(C(=O)Cc3ccsc3)C2)C1. The zero-order valence-electron chi connectivity index (χ0n) is 14.3. The van der Waals surface area contributed by atoms with E-state index in [0.29, 0.717) is 12.5 Å². The average Bonchev–Trinajstić information content (AvgIpc) is 3.19. The molecule has 128 valence electrons. The maximum Gasteiger partial charge on any atom is 0.227 e. The van der Waals surface area contributed by atoms with Gasteiger partial charge < -0.3 is 14.5 Å². The molecule has 4 nitrogen and oxygen atoms in total. The fraction of sp³-hybridized carbons (Fsp3) is 0.722. The summed E-state index contributed by atoms with van der Waals surface area (Å²) in [7, 11) is 0. The zero-order chi connectivity index (χ0) is 16.3. The first-order valence-corrected chi connectivity index (χ1v) is 9.77. The van der Waals surface area contributed by atoms with Crippen LogP contribution in [0.5, 0.6) is 0 Å². The van der Waals surface area contributed by atoms with Crippen LogP contribution in [0.3, 0.4) is 0 Å². The molecule has 0 aromatic carbocycles. The Kier molecular flexibility index (Phi) is 5.39. The van der Waals surface area contributed by atoms with Crippen molar-refractivity contribution in [1.82, 2.24) is 9.80 Å². The molecule has 23 heavy (non-hydrogen) atoms. The molecular weight excluding hydrogens is 308 g/mol. The highest BCUT2D eigenvalue weighted by Gasteiger charge is 2.45. The van der Waals surface area contributed by atoms with E-state index >= 15 is 0 Å². The van der Waals surface area contributed by atoms with Gasteiger partial charge in [-0.2, -0.15) is 11.3 Å². The Morgan fingerprint density at radius 2 is 2.30 bits per heavy atom. The van der Waals surface area contributed by atoms with Gasteiger partial charge in [-0.1, -0.05) is 13.8 Å². The van der Waals surface area contributed by atoms with Gasteiger partial charge in [-0.15, -0.1) is 0 Å². The number of rotatable bonds is 5. The van der Waals surface area contributed by atoms with Gasteiger partial charge in [-0.3, -0.25) is 4.79 Å². The molecule has 0 saturated carbocycles. The molecule has 0 bridgehead atoms. The quantitative estimate of drug-likeness (QED) is 0.829. The maximum absolute atomic E-state index is 12.5. The number of ether oxygens (including phenoxy) is 1. The van der Waals surface area contributed by atoms with E-state index < -0.39 is 0 Å². The topological polar surface area (TPSA) is 32.8 Å². The van der Waals surface area contributed by atoms with Crippen LogP contribution in [0.25, 0.3) is 0 Å². The van der Waals surface area contributed by atoms with Crippen LogP contribution in [0.2, 0.25) is 0 Å². The van der Waals surface area contributed by atoms with Crippen LogP contribution in [-0.4, -0.2) is 60.1 Å². The van der Waals surface area contributed by atoms with Crippen LogP contribution in [0, 0.1) is 0 Å². The van der Waals surface area contributed by atoms with Crippen LogP contribution in [0.4, 0.5) is 0 Å². The molecule has 2 fully saturated rings. The summed E-state index contributed by atoms with van der Waals surface area (Å²) < 4.78 is 6.19. The summed E-state index contributed by atoms with van der Waals surface area (Å²) in [5.41, 5.74) is 1.03. The van der Waals surface area contributed by atoms with E-state index in [2.05, 4.69) is 24.1 Å². The fourth-order valence-corrected chi connectivity index (χ4v) is 4.74. The van der Waals surface area contributed by atoms with Crippen molar-refractivity contribution < 1.29 is 9.53 Å². The first kappa shape index (κ1) is 16.9. The second kappa shape index (κ2) is 7.32. The van der Waals surface area contributed by atoms with Crippen molar-refractivity contribution in [2.45, 2.75) is 51.2 Å². The van der Waals surface area contributed by atoms with Crippen molar-refractivity contribution in [2.24, 2.45) is 0 Å². The summed E-state index contributed by atoms with van der Waals surface area (Å²) in [5.74, 6) is 0.244. The lowest BCUT2D eigenvalue weighted by Gasteiger charge is -2.42. The van der Waals surface area contributed by atoms with Gasteiger partial charge in [0.1, 0.15) is 0 Å². The predicted molar refractivity (Wildman–Crippen MR) is 93.8 cm³/mol. The number of carbonyl (C=O) groups excluding carboxylic acids is 1. The molecule has 2 aliphatic heterocycles. The Balaban J connectivity index is 1.60. The molecular formula is C18H28N2O2S. The predicted octanol–water partition coefficient (Wildman–Crippen LogP) is 2.78. The molecule has 3 heterocycles. The van der Waals surface area contributed by atoms with Gasteiger partial charge in [0, 0.05) is 25.7 Å². The molecule has 1 spiro atoms. The molecule has 5 heteroatoms. The largest absolute Gasteiger partial charge is 0.373 e. The number of thiophene rings is 1. The van der Waals surface area contributed by atoms with Crippen molar-refractivity contribution in [3.05, 3.63) is 22.4 Å². The average molecular weight is 337 g/mol. The number of amides is 1. The Bertz CT molecular complexity index is 515. The summed E-state index contributed by atoms with van der Waals surface area (Å²) in [6, 6.07) is 2.65. The van der Waals surface area contributed by atoms with Crippen LogP contribution in [0.1, 0.15) is 38.7 Å². The maximum atomic E-state index is 12.5. The van der Waals surface area contributed by atoms with Gasteiger partial charge in [0.2, 0.25) is 5.91 Å². The first-order chi connectivity index (χ1) is 11.2. The van der Waals surface area contributed by atoms with E-state index in [-0.39, 0.29) is 11.5 Å². The standard InChI is InChI=1S/C18H28N2O2S/c1-3-19(4-2)16-5-9-22-18(12-16)7-8-20(14-18)17(21)11-15-6-10-23-13-15/h6,10,13,16H,3-5,7-9,11-12,14H2,1-2H3/t16-,18-/m0/s1. The summed E-state index contributed by atoms with van der Waals surface area (Å²) in [4.78, 5) is 17.1. The molecule has 0 radical (unpaired) electrons. The molecule has 1 amide bonds. The highest BCUT2D eigenvalue weighted by Crippen LogP contribution is 2.36. The Morgan fingerprint density at radius 3 is 3.00 bits per heavy atom.